The smallest absolute Gasteiger partial charge is 0.341 e. The van der Waals surface area contributed by atoms with Crippen LogP contribution in [0.3, 0.4) is 0 Å². The molecule has 0 atom stereocenters. The molecule has 0 fully saturated rings. The average molecular weight is 359 g/mol. The summed E-state index contributed by atoms with van der Waals surface area (Å²) in [6, 6.07) is 3.57. The molecule has 0 bridgehead atoms. The first kappa shape index (κ1) is 15.1. The quantitative estimate of drug-likeness (QED) is 0.768. The van der Waals surface area contributed by atoms with E-state index in [0.717, 1.165) is 4.47 Å². The Labute approximate surface area is 130 Å². The molecule has 106 valence electrons. The maximum absolute atomic E-state index is 11.8. The van der Waals surface area contributed by atoms with E-state index < -0.39 is 5.97 Å². The lowest BCUT2D eigenvalue weighted by Gasteiger charge is -2.10. The second-order valence-electron chi connectivity index (χ2n) is 3.94. The Balaban J connectivity index is 2.56. The highest BCUT2D eigenvalue weighted by atomic mass is 79.9. The Morgan fingerprint density at radius 2 is 2.10 bits per heavy atom. The van der Waals surface area contributed by atoms with E-state index >= 15 is 0 Å². The summed E-state index contributed by atoms with van der Waals surface area (Å²) in [4.78, 5) is 16.0. The van der Waals surface area contributed by atoms with Gasteiger partial charge in [0.2, 0.25) is 0 Å². The van der Waals surface area contributed by atoms with Crippen molar-refractivity contribution in [3.8, 4) is 5.75 Å². The molecular formula is C14H13BrClNO3. The average Bonchev–Trinajstić information content (AvgIpc) is 2.41. The zero-order chi connectivity index (χ0) is 14.7. The fourth-order valence-corrected chi connectivity index (χ4v) is 2.51. The molecular weight excluding hydrogens is 346 g/mol. The van der Waals surface area contributed by atoms with Crippen molar-refractivity contribution in [1.82, 2.24) is 4.98 Å². The van der Waals surface area contributed by atoms with Crippen molar-refractivity contribution < 1.29 is 14.3 Å². The number of esters is 1. The third-order valence-corrected chi connectivity index (χ3v) is 3.68. The lowest BCUT2D eigenvalue weighted by Crippen LogP contribution is -2.06. The van der Waals surface area contributed by atoms with Crippen LogP contribution < -0.4 is 4.74 Å². The second-order valence-corrected chi connectivity index (χ2v) is 5.17. The van der Waals surface area contributed by atoms with Gasteiger partial charge in [-0.15, -0.1) is 0 Å². The number of hydrogen-bond acceptors (Lipinski definition) is 4. The van der Waals surface area contributed by atoms with Crippen LogP contribution in [0.5, 0.6) is 5.75 Å². The van der Waals surface area contributed by atoms with Crippen molar-refractivity contribution in [1.29, 1.82) is 0 Å². The number of hydrogen-bond donors (Lipinski definition) is 0. The second kappa shape index (κ2) is 6.41. The molecule has 0 unspecified atom stereocenters. The van der Waals surface area contributed by atoms with E-state index in [4.69, 9.17) is 21.1 Å². The molecule has 0 radical (unpaired) electrons. The molecule has 1 aromatic heterocycles. The molecule has 0 amide bonds. The van der Waals surface area contributed by atoms with Crippen LogP contribution in [0.1, 0.15) is 24.2 Å². The van der Waals surface area contributed by atoms with E-state index in [2.05, 4.69) is 20.9 Å². The molecule has 0 aliphatic carbocycles. The summed E-state index contributed by atoms with van der Waals surface area (Å²) in [7, 11) is 0. The standard InChI is InChI=1S/C14H13BrClNO3/c1-3-19-12-6-11-8(5-10(12)15)13(16)9(7-17-11)14(18)20-4-2/h5-7H,3-4H2,1-2H3. The van der Waals surface area contributed by atoms with Crippen molar-refractivity contribution in [2.24, 2.45) is 0 Å². The highest BCUT2D eigenvalue weighted by molar-refractivity contribution is 9.10. The molecule has 1 heterocycles. The Kier molecular flexibility index (Phi) is 4.83. The van der Waals surface area contributed by atoms with Crippen LogP contribution in [0.25, 0.3) is 10.9 Å². The molecule has 6 heteroatoms. The molecule has 0 aliphatic rings. The van der Waals surface area contributed by atoms with Crippen molar-refractivity contribution in [3.05, 3.63) is 33.4 Å². The maximum Gasteiger partial charge on any atom is 0.341 e. The number of carbonyl (C=O) groups excluding carboxylic acids is 1. The summed E-state index contributed by atoms with van der Waals surface area (Å²) < 4.78 is 11.2. The predicted molar refractivity (Wildman–Crippen MR) is 81.6 cm³/mol. The van der Waals surface area contributed by atoms with Gasteiger partial charge in [0, 0.05) is 17.6 Å². The van der Waals surface area contributed by atoms with E-state index in [9.17, 15) is 4.79 Å². The minimum Gasteiger partial charge on any atom is -0.493 e. The fourth-order valence-electron chi connectivity index (χ4n) is 1.78. The molecule has 2 aromatic rings. The van der Waals surface area contributed by atoms with Crippen molar-refractivity contribution >= 4 is 44.4 Å². The van der Waals surface area contributed by atoms with Gasteiger partial charge in [-0.1, -0.05) is 11.6 Å². The Morgan fingerprint density at radius 1 is 1.35 bits per heavy atom. The summed E-state index contributed by atoms with van der Waals surface area (Å²) in [5.74, 6) is 0.212. The SMILES string of the molecule is CCOC(=O)c1cnc2cc(OCC)c(Br)cc2c1Cl. The first-order valence-electron chi connectivity index (χ1n) is 6.16. The lowest BCUT2D eigenvalue weighted by molar-refractivity contribution is 0.0526. The Hall–Kier alpha value is -1.33. The summed E-state index contributed by atoms with van der Waals surface area (Å²) in [5.41, 5.74) is 0.923. The first-order valence-corrected chi connectivity index (χ1v) is 7.33. The van der Waals surface area contributed by atoms with E-state index in [1.54, 1.807) is 19.1 Å². The van der Waals surface area contributed by atoms with Crippen LogP contribution >= 0.6 is 27.5 Å². The zero-order valence-electron chi connectivity index (χ0n) is 11.1. The zero-order valence-corrected chi connectivity index (χ0v) is 13.4. The number of carbonyl (C=O) groups is 1. The van der Waals surface area contributed by atoms with E-state index in [1.807, 2.05) is 6.92 Å². The van der Waals surface area contributed by atoms with Crippen LogP contribution in [0.2, 0.25) is 5.02 Å². The molecule has 2 rings (SSSR count). The summed E-state index contributed by atoms with van der Waals surface area (Å²) in [6.45, 7) is 4.49. The minimum atomic E-state index is -0.475. The van der Waals surface area contributed by atoms with E-state index in [0.29, 0.717) is 34.9 Å². The monoisotopic (exact) mass is 357 g/mol. The molecule has 0 aliphatic heterocycles. The van der Waals surface area contributed by atoms with Crippen molar-refractivity contribution in [2.45, 2.75) is 13.8 Å². The minimum absolute atomic E-state index is 0.261. The van der Waals surface area contributed by atoms with Crippen LogP contribution in [-0.4, -0.2) is 24.2 Å². The first-order chi connectivity index (χ1) is 9.58. The predicted octanol–water partition coefficient (Wildman–Crippen LogP) is 4.23. The Morgan fingerprint density at radius 3 is 2.75 bits per heavy atom. The molecule has 0 saturated carbocycles. The van der Waals surface area contributed by atoms with Crippen molar-refractivity contribution in [3.63, 3.8) is 0 Å². The summed E-state index contributed by atoms with van der Waals surface area (Å²) in [6.07, 6.45) is 1.42. The highest BCUT2D eigenvalue weighted by Gasteiger charge is 2.16. The van der Waals surface area contributed by atoms with Gasteiger partial charge in [0.15, 0.2) is 0 Å². The summed E-state index contributed by atoms with van der Waals surface area (Å²) in [5, 5.41) is 1.00. The van der Waals surface area contributed by atoms with Crippen LogP contribution in [0.15, 0.2) is 22.8 Å². The number of nitrogens with zero attached hydrogens (tertiary/aromatic N) is 1. The lowest BCUT2D eigenvalue weighted by atomic mass is 10.1. The number of aromatic nitrogens is 1. The molecule has 4 nitrogen and oxygen atoms in total. The number of fused-ring (bicyclic) bond motifs is 1. The van der Waals surface area contributed by atoms with Gasteiger partial charge in [-0.05, 0) is 35.8 Å². The molecule has 0 saturated heterocycles. The van der Waals surface area contributed by atoms with E-state index in [1.165, 1.54) is 6.20 Å². The fraction of sp³-hybridized carbons (Fsp3) is 0.286. The number of rotatable bonds is 4. The highest BCUT2D eigenvalue weighted by Crippen LogP contribution is 2.34. The Bertz CT molecular complexity index is 660. The van der Waals surface area contributed by atoms with E-state index in [-0.39, 0.29) is 5.56 Å². The van der Waals surface area contributed by atoms with Gasteiger partial charge in [-0.25, -0.2) is 4.79 Å². The van der Waals surface area contributed by atoms with Crippen LogP contribution in [-0.2, 0) is 4.74 Å². The molecule has 0 spiro atoms. The van der Waals surface area contributed by atoms with Crippen LogP contribution in [0.4, 0.5) is 0 Å². The van der Waals surface area contributed by atoms with Gasteiger partial charge in [0.1, 0.15) is 5.75 Å². The third kappa shape index (κ3) is 2.88. The molecule has 0 N–H and O–H groups in total. The summed E-state index contributed by atoms with van der Waals surface area (Å²) >= 11 is 9.69. The van der Waals surface area contributed by atoms with Crippen LogP contribution in [0, 0.1) is 0 Å². The van der Waals surface area contributed by atoms with Gasteiger partial charge in [0.25, 0.3) is 0 Å². The third-order valence-electron chi connectivity index (χ3n) is 2.65. The largest absolute Gasteiger partial charge is 0.493 e. The number of ether oxygens (including phenoxy) is 2. The van der Waals surface area contributed by atoms with Gasteiger partial charge in [-0.3, -0.25) is 4.98 Å². The topological polar surface area (TPSA) is 48.4 Å². The number of pyridine rings is 1. The van der Waals surface area contributed by atoms with Gasteiger partial charge in [0.05, 0.1) is 33.8 Å². The number of halogens is 2. The maximum atomic E-state index is 11.8. The normalized spacial score (nSPS) is 10.6. The van der Waals surface area contributed by atoms with Gasteiger partial charge >= 0.3 is 5.97 Å². The van der Waals surface area contributed by atoms with Gasteiger partial charge in [-0.2, -0.15) is 0 Å². The molecule has 20 heavy (non-hydrogen) atoms. The van der Waals surface area contributed by atoms with Crippen molar-refractivity contribution in [2.75, 3.05) is 13.2 Å². The number of benzene rings is 1. The van der Waals surface area contributed by atoms with Gasteiger partial charge < -0.3 is 9.47 Å². The molecule has 1 aromatic carbocycles.